The van der Waals surface area contributed by atoms with Crippen LogP contribution in [0.15, 0.2) is 0 Å². The van der Waals surface area contributed by atoms with Crippen LogP contribution in [0.3, 0.4) is 0 Å². The van der Waals surface area contributed by atoms with Crippen molar-refractivity contribution in [1.82, 2.24) is 0 Å². The van der Waals surface area contributed by atoms with Crippen molar-refractivity contribution >= 4 is 0 Å². The second kappa shape index (κ2) is 3.89. The summed E-state index contributed by atoms with van der Waals surface area (Å²) in [6.45, 7) is 3.22. The molecule has 0 aliphatic carbocycles. The maximum atomic E-state index is 5.52. The van der Waals surface area contributed by atoms with Gasteiger partial charge in [0.05, 0.1) is 6.10 Å². The molecule has 1 fully saturated rings. The van der Waals surface area contributed by atoms with E-state index in [1.165, 1.54) is 32.1 Å². The molecule has 0 radical (unpaired) electrons. The lowest BCUT2D eigenvalue weighted by atomic mass is 10.1. The molecule has 0 N–H and O–H groups in total. The number of hydrogen-bond acceptors (Lipinski definition) is 1. The van der Waals surface area contributed by atoms with E-state index >= 15 is 0 Å². The quantitative estimate of drug-likeness (QED) is 0.554. The molecule has 0 saturated carbocycles. The molecule has 1 aliphatic heterocycles. The van der Waals surface area contributed by atoms with Crippen LogP contribution in [-0.4, -0.2) is 12.7 Å². The van der Waals surface area contributed by atoms with Crippen LogP contribution in [-0.2, 0) is 4.74 Å². The Labute approximate surface area is 57.4 Å². The van der Waals surface area contributed by atoms with Crippen molar-refractivity contribution in [2.24, 2.45) is 0 Å². The minimum absolute atomic E-state index is 0.601. The highest BCUT2D eigenvalue weighted by molar-refractivity contribution is 4.61. The highest BCUT2D eigenvalue weighted by Gasteiger charge is 2.11. The van der Waals surface area contributed by atoms with Crippen molar-refractivity contribution in [2.75, 3.05) is 6.61 Å². The van der Waals surface area contributed by atoms with Crippen molar-refractivity contribution in [1.29, 1.82) is 0 Å². The van der Waals surface area contributed by atoms with Gasteiger partial charge in [-0.05, 0) is 25.7 Å². The maximum Gasteiger partial charge on any atom is 0.0575 e. The van der Waals surface area contributed by atoms with Crippen LogP contribution in [0.2, 0.25) is 0 Å². The number of hydrogen-bond donors (Lipinski definition) is 0. The summed E-state index contributed by atoms with van der Waals surface area (Å²) in [5.41, 5.74) is 0. The zero-order valence-electron chi connectivity index (χ0n) is 6.23. The third kappa shape index (κ3) is 2.35. The summed E-state index contributed by atoms with van der Waals surface area (Å²) in [6.07, 6.45) is 7.09. The zero-order chi connectivity index (χ0) is 6.53. The van der Waals surface area contributed by atoms with Crippen LogP contribution in [0.1, 0.15) is 39.0 Å². The van der Waals surface area contributed by atoms with Gasteiger partial charge in [-0.25, -0.2) is 0 Å². The second-order valence-electron chi connectivity index (χ2n) is 2.78. The average molecular weight is 128 g/mol. The summed E-state index contributed by atoms with van der Waals surface area (Å²) in [6, 6.07) is 0. The predicted octanol–water partition coefficient (Wildman–Crippen LogP) is 2.36. The largest absolute Gasteiger partial charge is 0.378 e. The van der Waals surface area contributed by atoms with Crippen molar-refractivity contribution in [2.45, 2.75) is 45.1 Å². The van der Waals surface area contributed by atoms with Gasteiger partial charge >= 0.3 is 0 Å². The van der Waals surface area contributed by atoms with Crippen molar-refractivity contribution in [3.8, 4) is 0 Å². The molecule has 1 rings (SSSR count). The summed E-state index contributed by atoms with van der Waals surface area (Å²) in [5.74, 6) is 0. The third-order valence-corrected chi connectivity index (χ3v) is 1.88. The standard InChI is InChI=1S/C8H16O/c1-2-5-8-6-3-4-7-9-8/h8H,2-7H2,1H3. The molecule has 1 aliphatic rings. The molecule has 9 heavy (non-hydrogen) atoms. The molecule has 54 valence electrons. The smallest absolute Gasteiger partial charge is 0.0575 e. The fraction of sp³-hybridized carbons (Fsp3) is 1.00. The van der Waals surface area contributed by atoms with Gasteiger partial charge in [-0.2, -0.15) is 0 Å². The van der Waals surface area contributed by atoms with Gasteiger partial charge in [0, 0.05) is 6.61 Å². The topological polar surface area (TPSA) is 9.23 Å². The molecule has 1 heterocycles. The fourth-order valence-electron chi connectivity index (χ4n) is 1.36. The molecule has 0 aromatic carbocycles. The Balaban J connectivity index is 2.08. The van der Waals surface area contributed by atoms with E-state index in [9.17, 15) is 0 Å². The lowest BCUT2D eigenvalue weighted by Gasteiger charge is -2.21. The van der Waals surface area contributed by atoms with Crippen molar-refractivity contribution < 1.29 is 4.74 Å². The SMILES string of the molecule is CCCC1CCCCO1. The molecule has 1 saturated heterocycles. The van der Waals surface area contributed by atoms with E-state index in [4.69, 9.17) is 4.74 Å². The van der Waals surface area contributed by atoms with E-state index in [-0.39, 0.29) is 0 Å². The van der Waals surface area contributed by atoms with E-state index < -0.39 is 0 Å². The Hall–Kier alpha value is -0.0400. The highest BCUT2D eigenvalue weighted by Crippen LogP contribution is 2.16. The van der Waals surface area contributed by atoms with Gasteiger partial charge in [-0.3, -0.25) is 0 Å². The Kier molecular flexibility index (Phi) is 3.05. The van der Waals surface area contributed by atoms with Gasteiger partial charge in [0.2, 0.25) is 0 Å². The van der Waals surface area contributed by atoms with Crippen LogP contribution in [0.4, 0.5) is 0 Å². The van der Waals surface area contributed by atoms with Gasteiger partial charge < -0.3 is 4.74 Å². The van der Waals surface area contributed by atoms with Gasteiger partial charge in [-0.1, -0.05) is 13.3 Å². The Morgan fingerprint density at radius 2 is 2.33 bits per heavy atom. The monoisotopic (exact) mass is 128 g/mol. The Morgan fingerprint density at radius 3 is 2.89 bits per heavy atom. The first-order chi connectivity index (χ1) is 4.43. The third-order valence-electron chi connectivity index (χ3n) is 1.88. The lowest BCUT2D eigenvalue weighted by molar-refractivity contribution is 0.0109. The second-order valence-corrected chi connectivity index (χ2v) is 2.78. The van der Waals surface area contributed by atoms with Gasteiger partial charge in [-0.15, -0.1) is 0 Å². The normalized spacial score (nSPS) is 28.3. The first-order valence-electron chi connectivity index (χ1n) is 4.05. The summed E-state index contributed by atoms with van der Waals surface area (Å²) < 4.78 is 5.52. The summed E-state index contributed by atoms with van der Waals surface area (Å²) in [7, 11) is 0. The number of rotatable bonds is 2. The molecule has 0 amide bonds. The summed E-state index contributed by atoms with van der Waals surface area (Å²) in [4.78, 5) is 0. The van der Waals surface area contributed by atoms with Crippen molar-refractivity contribution in [3.05, 3.63) is 0 Å². The average Bonchev–Trinajstić information content (AvgIpc) is 1.91. The number of ether oxygens (including phenoxy) is 1. The molecular weight excluding hydrogens is 112 g/mol. The molecule has 1 atom stereocenters. The molecule has 1 unspecified atom stereocenters. The molecule has 0 aromatic heterocycles. The first-order valence-corrected chi connectivity index (χ1v) is 4.05. The van der Waals surface area contributed by atoms with Crippen LogP contribution >= 0.6 is 0 Å². The van der Waals surface area contributed by atoms with Crippen LogP contribution < -0.4 is 0 Å². The fourth-order valence-corrected chi connectivity index (χ4v) is 1.36. The highest BCUT2D eigenvalue weighted by atomic mass is 16.5. The molecule has 1 heteroatoms. The van der Waals surface area contributed by atoms with E-state index in [1.54, 1.807) is 0 Å². The molecule has 0 spiro atoms. The Morgan fingerprint density at radius 1 is 1.44 bits per heavy atom. The lowest BCUT2D eigenvalue weighted by Crippen LogP contribution is -2.18. The molecule has 1 nitrogen and oxygen atoms in total. The van der Waals surface area contributed by atoms with E-state index in [0.717, 1.165) is 6.61 Å². The maximum absolute atomic E-state index is 5.52. The van der Waals surface area contributed by atoms with Gasteiger partial charge in [0.1, 0.15) is 0 Å². The van der Waals surface area contributed by atoms with Crippen LogP contribution in [0.5, 0.6) is 0 Å². The van der Waals surface area contributed by atoms with Crippen LogP contribution in [0.25, 0.3) is 0 Å². The predicted molar refractivity (Wildman–Crippen MR) is 38.5 cm³/mol. The minimum Gasteiger partial charge on any atom is -0.378 e. The van der Waals surface area contributed by atoms with Crippen molar-refractivity contribution in [3.63, 3.8) is 0 Å². The van der Waals surface area contributed by atoms with E-state index in [1.807, 2.05) is 0 Å². The van der Waals surface area contributed by atoms with E-state index in [2.05, 4.69) is 6.92 Å². The van der Waals surface area contributed by atoms with Gasteiger partial charge in [0.15, 0.2) is 0 Å². The zero-order valence-corrected chi connectivity index (χ0v) is 6.23. The van der Waals surface area contributed by atoms with E-state index in [0.29, 0.717) is 6.10 Å². The summed E-state index contributed by atoms with van der Waals surface area (Å²) >= 11 is 0. The molecular formula is C8H16O. The Bertz CT molecular complexity index is 62.2. The van der Waals surface area contributed by atoms with Gasteiger partial charge in [0.25, 0.3) is 0 Å². The minimum atomic E-state index is 0.601. The molecule has 0 aromatic rings. The first kappa shape index (κ1) is 7.07. The summed E-state index contributed by atoms with van der Waals surface area (Å²) in [5, 5.41) is 0. The van der Waals surface area contributed by atoms with Crippen LogP contribution in [0, 0.1) is 0 Å². The molecule has 0 bridgehead atoms.